The second kappa shape index (κ2) is 5.72. The normalized spacial score (nSPS) is 13.4. The van der Waals surface area contributed by atoms with Crippen LogP contribution in [-0.2, 0) is 11.2 Å². The summed E-state index contributed by atoms with van der Waals surface area (Å²) in [6.07, 6.45) is 0.197. The predicted molar refractivity (Wildman–Crippen MR) is 87.1 cm³/mol. The van der Waals surface area contributed by atoms with Crippen LogP contribution in [0.5, 0.6) is 0 Å². The summed E-state index contributed by atoms with van der Waals surface area (Å²) in [6, 6.07) is 10.2. The molecule has 0 aliphatic carbocycles. The molecule has 0 atom stereocenters. The van der Waals surface area contributed by atoms with Crippen molar-refractivity contribution in [1.82, 2.24) is 0 Å². The lowest BCUT2D eigenvalue weighted by Gasteiger charge is -2.20. The summed E-state index contributed by atoms with van der Waals surface area (Å²) in [7, 11) is 0. The molecule has 0 radical (unpaired) electrons. The minimum atomic E-state index is -0.163. The van der Waals surface area contributed by atoms with E-state index in [4.69, 9.17) is 28.9 Å². The fourth-order valence-electron chi connectivity index (χ4n) is 2.56. The first kappa shape index (κ1) is 15.0. The molecular formula is C16H12Cl2N2O2. The number of para-hydroxylation sites is 1. The minimum absolute atomic E-state index is 0.0627. The number of carbonyl (C=O) groups excluding carboxylic acids is 2. The van der Waals surface area contributed by atoms with Crippen molar-refractivity contribution < 1.29 is 9.59 Å². The zero-order valence-corrected chi connectivity index (χ0v) is 13.0. The molecule has 1 heterocycles. The van der Waals surface area contributed by atoms with E-state index in [1.807, 2.05) is 0 Å². The number of carbonyl (C=O) groups is 2. The van der Waals surface area contributed by atoms with Gasteiger partial charge < -0.3 is 5.73 Å². The molecule has 0 bridgehead atoms. The van der Waals surface area contributed by atoms with E-state index in [1.165, 1.54) is 4.90 Å². The maximum atomic E-state index is 12.4. The van der Waals surface area contributed by atoms with Gasteiger partial charge >= 0.3 is 0 Å². The maximum absolute atomic E-state index is 12.4. The third-order valence-electron chi connectivity index (χ3n) is 3.58. The molecule has 4 nitrogen and oxygen atoms in total. The van der Waals surface area contributed by atoms with Crippen LogP contribution in [0.4, 0.5) is 11.4 Å². The highest BCUT2D eigenvalue weighted by atomic mass is 35.5. The number of fused-ring (bicyclic) bond motifs is 1. The molecule has 112 valence electrons. The number of anilines is 2. The summed E-state index contributed by atoms with van der Waals surface area (Å²) in [4.78, 5) is 25.6. The van der Waals surface area contributed by atoms with Crippen molar-refractivity contribution in [3.63, 3.8) is 0 Å². The Balaban J connectivity index is 2.11. The number of hydrogen-bond acceptors (Lipinski definition) is 3. The van der Waals surface area contributed by atoms with Crippen LogP contribution in [-0.4, -0.2) is 18.2 Å². The van der Waals surface area contributed by atoms with Gasteiger partial charge in [0.1, 0.15) is 0 Å². The summed E-state index contributed by atoms with van der Waals surface area (Å²) in [5.41, 5.74) is 7.79. The van der Waals surface area contributed by atoms with Gasteiger partial charge in [0.05, 0.1) is 34.4 Å². The molecule has 0 spiro atoms. The predicted octanol–water partition coefficient (Wildman–Crippen LogP) is 3.36. The van der Waals surface area contributed by atoms with Gasteiger partial charge in [-0.15, -0.1) is 0 Å². The van der Waals surface area contributed by atoms with E-state index in [-0.39, 0.29) is 24.7 Å². The lowest BCUT2D eigenvalue weighted by Crippen LogP contribution is -2.21. The smallest absolute Gasteiger partial charge is 0.236 e. The summed E-state index contributed by atoms with van der Waals surface area (Å²) in [6.45, 7) is -0.0627. The van der Waals surface area contributed by atoms with Crippen LogP contribution < -0.4 is 10.6 Å². The first-order valence-electron chi connectivity index (χ1n) is 6.66. The molecule has 0 unspecified atom stereocenters. The first-order valence-corrected chi connectivity index (χ1v) is 7.41. The number of nitrogens with two attached hydrogens (primary N) is 1. The van der Waals surface area contributed by atoms with Gasteiger partial charge in [-0.05, 0) is 35.9 Å². The topological polar surface area (TPSA) is 63.4 Å². The second-order valence-electron chi connectivity index (χ2n) is 4.95. The molecule has 0 fully saturated rings. The Morgan fingerprint density at radius 1 is 1.18 bits per heavy atom. The van der Waals surface area contributed by atoms with E-state index in [0.29, 0.717) is 27.0 Å². The van der Waals surface area contributed by atoms with Crippen LogP contribution in [0.1, 0.15) is 15.9 Å². The Labute approximate surface area is 137 Å². The number of Topliss-reactive ketones (excluding diaryl/α,β-unsaturated/α-hetero) is 1. The van der Waals surface area contributed by atoms with Gasteiger partial charge in [-0.2, -0.15) is 0 Å². The standard InChI is InChI=1S/C16H12Cl2N2O2/c17-11-2-1-3-12(18)16(11)20-13-5-4-9(14(21)8-19)6-10(13)7-15(20)22/h1-6H,7-8,19H2. The Kier molecular flexibility index (Phi) is 3.91. The van der Waals surface area contributed by atoms with Gasteiger partial charge in [0.2, 0.25) is 5.91 Å². The van der Waals surface area contributed by atoms with Crippen LogP contribution in [0.3, 0.4) is 0 Å². The number of rotatable bonds is 3. The Bertz CT molecular complexity index is 769. The zero-order chi connectivity index (χ0) is 15.9. The van der Waals surface area contributed by atoms with Crippen LogP contribution in [0.15, 0.2) is 36.4 Å². The average Bonchev–Trinajstić information content (AvgIpc) is 2.82. The highest BCUT2D eigenvalue weighted by Gasteiger charge is 2.31. The monoisotopic (exact) mass is 334 g/mol. The molecule has 0 saturated carbocycles. The molecule has 2 aromatic rings. The van der Waals surface area contributed by atoms with E-state index in [9.17, 15) is 9.59 Å². The second-order valence-corrected chi connectivity index (χ2v) is 5.76. The minimum Gasteiger partial charge on any atom is -0.324 e. The van der Waals surface area contributed by atoms with Gasteiger partial charge in [0.15, 0.2) is 5.78 Å². The average molecular weight is 335 g/mol. The van der Waals surface area contributed by atoms with Gasteiger partial charge in [-0.1, -0.05) is 29.3 Å². The van der Waals surface area contributed by atoms with Gasteiger partial charge in [-0.25, -0.2) is 0 Å². The van der Waals surface area contributed by atoms with Crippen molar-refractivity contribution in [2.45, 2.75) is 6.42 Å². The lowest BCUT2D eigenvalue weighted by molar-refractivity contribution is -0.116. The number of benzene rings is 2. The number of hydrogen-bond donors (Lipinski definition) is 1. The van der Waals surface area contributed by atoms with Crippen molar-refractivity contribution in [3.8, 4) is 0 Å². The van der Waals surface area contributed by atoms with Crippen molar-refractivity contribution in [2.75, 3.05) is 11.4 Å². The summed E-state index contributed by atoms with van der Waals surface area (Å²) in [5, 5.41) is 0.798. The molecule has 3 rings (SSSR count). The van der Waals surface area contributed by atoms with Crippen LogP contribution >= 0.6 is 23.2 Å². The first-order chi connectivity index (χ1) is 10.5. The van der Waals surface area contributed by atoms with Gasteiger partial charge in [0.25, 0.3) is 0 Å². The SMILES string of the molecule is NCC(=O)c1ccc2c(c1)CC(=O)N2c1c(Cl)cccc1Cl. The largest absolute Gasteiger partial charge is 0.324 e. The summed E-state index contributed by atoms with van der Waals surface area (Å²) in [5.74, 6) is -0.299. The highest BCUT2D eigenvalue weighted by molar-refractivity contribution is 6.40. The lowest BCUT2D eigenvalue weighted by atomic mass is 10.1. The number of amides is 1. The molecule has 0 aromatic heterocycles. The number of halogens is 2. The molecule has 1 aliphatic heterocycles. The quantitative estimate of drug-likeness (QED) is 0.875. The highest BCUT2D eigenvalue weighted by Crippen LogP contribution is 2.42. The van der Waals surface area contributed by atoms with Crippen LogP contribution in [0.2, 0.25) is 10.0 Å². The fourth-order valence-corrected chi connectivity index (χ4v) is 3.13. The molecule has 2 N–H and O–H groups in total. The Morgan fingerprint density at radius 2 is 1.86 bits per heavy atom. The third-order valence-corrected chi connectivity index (χ3v) is 4.19. The van der Waals surface area contributed by atoms with Crippen LogP contribution in [0, 0.1) is 0 Å². The van der Waals surface area contributed by atoms with Crippen molar-refractivity contribution in [2.24, 2.45) is 5.73 Å². The molecule has 6 heteroatoms. The molecule has 1 aliphatic rings. The van der Waals surface area contributed by atoms with E-state index < -0.39 is 0 Å². The Hall–Kier alpha value is -1.88. The summed E-state index contributed by atoms with van der Waals surface area (Å²) < 4.78 is 0. The molecule has 1 amide bonds. The number of nitrogens with zero attached hydrogens (tertiary/aromatic N) is 1. The Morgan fingerprint density at radius 3 is 2.50 bits per heavy atom. The van der Waals surface area contributed by atoms with E-state index in [0.717, 1.165) is 5.56 Å². The molecule has 22 heavy (non-hydrogen) atoms. The molecule has 0 saturated heterocycles. The third kappa shape index (κ3) is 2.39. The number of ketones is 1. The zero-order valence-electron chi connectivity index (χ0n) is 11.5. The molecular weight excluding hydrogens is 323 g/mol. The van der Waals surface area contributed by atoms with Gasteiger partial charge in [-0.3, -0.25) is 14.5 Å². The fraction of sp³-hybridized carbons (Fsp3) is 0.125. The van der Waals surface area contributed by atoms with E-state index >= 15 is 0 Å². The van der Waals surface area contributed by atoms with Crippen molar-refractivity contribution >= 4 is 46.3 Å². The van der Waals surface area contributed by atoms with E-state index in [2.05, 4.69) is 0 Å². The summed E-state index contributed by atoms with van der Waals surface area (Å²) >= 11 is 12.4. The van der Waals surface area contributed by atoms with Crippen LogP contribution in [0.25, 0.3) is 0 Å². The van der Waals surface area contributed by atoms with Gasteiger partial charge in [0, 0.05) is 5.56 Å². The molecule has 2 aromatic carbocycles. The maximum Gasteiger partial charge on any atom is 0.236 e. The van der Waals surface area contributed by atoms with E-state index in [1.54, 1.807) is 36.4 Å². The van der Waals surface area contributed by atoms with Crippen molar-refractivity contribution in [1.29, 1.82) is 0 Å². The van der Waals surface area contributed by atoms with Crippen molar-refractivity contribution in [3.05, 3.63) is 57.6 Å².